The lowest BCUT2D eigenvalue weighted by molar-refractivity contribution is -0.121. The Morgan fingerprint density at radius 1 is 1.64 bits per heavy atom. The van der Waals surface area contributed by atoms with Crippen molar-refractivity contribution in [3.05, 3.63) is 0 Å². The van der Waals surface area contributed by atoms with Crippen molar-refractivity contribution < 1.29 is 4.79 Å². The van der Waals surface area contributed by atoms with Crippen molar-refractivity contribution >= 4 is 5.91 Å². The number of carbonyl (C=O) groups excluding carboxylic acids is 1. The van der Waals surface area contributed by atoms with Crippen LogP contribution in [-0.2, 0) is 4.79 Å². The average molecular weight is 156 g/mol. The highest BCUT2D eigenvalue weighted by molar-refractivity contribution is 5.78. The fourth-order valence-electron chi connectivity index (χ4n) is 1.38. The summed E-state index contributed by atoms with van der Waals surface area (Å²) in [7, 11) is 0. The minimum Gasteiger partial charge on any atom is -0.355 e. The molecule has 0 aromatic rings. The Kier molecular flexibility index (Phi) is 3.36. The molecule has 64 valence electrons. The Morgan fingerprint density at radius 3 is 3.18 bits per heavy atom. The molecule has 3 heteroatoms. The van der Waals surface area contributed by atoms with Crippen molar-refractivity contribution in [2.45, 2.75) is 19.8 Å². The van der Waals surface area contributed by atoms with E-state index in [0.717, 1.165) is 32.5 Å². The zero-order valence-corrected chi connectivity index (χ0v) is 7.10. The van der Waals surface area contributed by atoms with Gasteiger partial charge in [0.15, 0.2) is 0 Å². The van der Waals surface area contributed by atoms with E-state index in [4.69, 9.17) is 0 Å². The van der Waals surface area contributed by atoms with Crippen LogP contribution in [0.5, 0.6) is 0 Å². The molecule has 0 spiro atoms. The first-order valence-corrected chi connectivity index (χ1v) is 4.32. The third-order valence-corrected chi connectivity index (χ3v) is 1.88. The highest BCUT2D eigenvalue weighted by Crippen LogP contribution is 1.96. The third-order valence-electron chi connectivity index (χ3n) is 1.88. The quantitative estimate of drug-likeness (QED) is 0.620. The first-order valence-electron chi connectivity index (χ1n) is 4.32. The van der Waals surface area contributed by atoms with Crippen LogP contribution in [0.1, 0.15) is 19.8 Å². The molecule has 0 bridgehead atoms. The molecule has 0 aromatic carbocycles. The molecule has 1 rings (SSSR count). The molecule has 0 atom stereocenters. The summed E-state index contributed by atoms with van der Waals surface area (Å²) in [6.07, 6.45) is 2.22. The third kappa shape index (κ3) is 2.89. The molecule has 0 aliphatic carbocycles. The van der Waals surface area contributed by atoms with Crippen LogP contribution < -0.4 is 5.32 Å². The lowest BCUT2D eigenvalue weighted by Crippen LogP contribution is -2.33. The second kappa shape index (κ2) is 4.34. The van der Waals surface area contributed by atoms with Crippen LogP contribution >= 0.6 is 0 Å². The van der Waals surface area contributed by atoms with E-state index >= 15 is 0 Å². The molecule has 1 aliphatic rings. The molecule has 0 unspecified atom stereocenters. The molecule has 1 fully saturated rings. The molecule has 0 saturated carbocycles. The van der Waals surface area contributed by atoms with Gasteiger partial charge in [-0.1, -0.05) is 6.92 Å². The molecule has 1 aliphatic heterocycles. The van der Waals surface area contributed by atoms with Gasteiger partial charge in [-0.2, -0.15) is 0 Å². The SMILES string of the molecule is CCCN1CCCNC(=O)C1. The second-order valence-corrected chi connectivity index (χ2v) is 2.98. The van der Waals surface area contributed by atoms with Crippen LogP contribution in [-0.4, -0.2) is 37.0 Å². The van der Waals surface area contributed by atoms with Crippen molar-refractivity contribution in [1.29, 1.82) is 0 Å². The molecule has 1 amide bonds. The predicted molar refractivity (Wildman–Crippen MR) is 44.4 cm³/mol. The van der Waals surface area contributed by atoms with Gasteiger partial charge in [-0.05, 0) is 19.4 Å². The monoisotopic (exact) mass is 156 g/mol. The number of nitrogens with zero attached hydrogens (tertiary/aromatic N) is 1. The Balaban J connectivity index is 2.33. The highest BCUT2D eigenvalue weighted by atomic mass is 16.2. The van der Waals surface area contributed by atoms with E-state index in [1.165, 1.54) is 0 Å². The van der Waals surface area contributed by atoms with E-state index in [1.54, 1.807) is 0 Å². The van der Waals surface area contributed by atoms with Gasteiger partial charge >= 0.3 is 0 Å². The summed E-state index contributed by atoms with van der Waals surface area (Å²) < 4.78 is 0. The Bertz CT molecular complexity index is 136. The number of rotatable bonds is 2. The molecule has 1 heterocycles. The lowest BCUT2D eigenvalue weighted by atomic mass is 10.3. The summed E-state index contributed by atoms with van der Waals surface area (Å²) in [6, 6.07) is 0. The fourth-order valence-corrected chi connectivity index (χ4v) is 1.38. The van der Waals surface area contributed by atoms with Gasteiger partial charge in [0.25, 0.3) is 0 Å². The summed E-state index contributed by atoms with van der Waals surface area (Å²) in [5.74, 6) is 0.177. The minimum atomic E-state index is 0.177. The molecule has 0 aromatic heterocycles. The first kappa shape index (κ1) is 8.53. The van der Waals surface area contributed by atoms with Gasteiger partial charge in [0.05, 0.1) is 6.54 Å². The van der Waals surface area contributed by atoms with Crippen LogP contribution in [0.2, 0.25) is 0 Å². The Morgan fingerprint density at radius 2 is 2.45 bits per heavy atom. The zero-order valence-electron chi connectivity index (χ0n) is 7.10. The van der Waals surface area contributed by atoms with Crippen LogP contribution in [0.15, 0.2) is 0 Å². The van der Waals surface area contributed by atoms with Crippen molar-refractivity contribution in [3.8, 4) is 0 Å². The van der Waals surface area contributed by atoms with Gasteiger partial charge in [-0.3, -0.25) is 9.69 Å². The summed E-state index contributed by atoms with van der Waals surface area (Å²) in [5, 5.41) is 2.85. The van der Waals surface area contributed by atoms with E-state index in [9.17, 15) is 4.79 Å². The minimum absolute atomic E-state index is 0.177. The summed E-state index contributed by atoms with van der Waals surface area (Å²) in [5.41, 5.74) is 0. The first-order chi connectivity index (χ1) is 5.33. The van der Waals surface area contributed by atoms with Crippen LogP contribution in [0, 0.1) is 0 Å². The second-order valence-electron chi connectivity index (χ2n) is 2.98. The number of carbonyl (C=O) groups is 1. The number of nitrogens with one attached hydrogen (secondary N) is 1. The van der Waals surface area contributed by atoms with Crippen molar-refractivity contribution in [1.82, 2.24) is 10.2 Å². The molecule has 1 saturated heterocycles. The van der Waals surface area contributed by atoms with E-state index in [1.807, 2.05) is 0 Å². The van der Waals surface area contributed by atoms with Crippen LogP contribution in [0.3, 0.4) is 0 Å². The summed E-state index contributed by atoms with van der Waals surface area (Å²) >= 11 is 0. The van der Waals surface area contributed by atoms with Gasteiger partial charge in [-0.25, -0.2) is 0 Å². The maximum Gasteiger partial charge on any atom is 0.234 e. The van der Waals surface area contributed by atoms with Crippen molar-refractivity contribution in [2.75, 3.05) is 26.2 Å². The summed E-state index contributed by atoms with van der Waals surface area (Å²) in [6.45, 7) is 5.69. The molecular weight excluding hydrogens is 140 g/mol. The van der Waals surface area contributed by atoms with Crippen molar-refractivity contribution in [3.63, 3.8) is 0 Å². The molecule has 3 nitrogen and oxygen atoms in total. The number of hydrogen-bond acceptors (Lipinski definition) is 2. The van der Waals surface area contributed by atoms with Crippen LogP contribution in [0.4, 0.5) is 0 Å². The number of amides is 1. The normalized spacial score (nSPS) is 21.0. The molecule has 11 heavy (non-hydrogen) atoms. The average Bonchev–Trinajstić information content (AvgIpc) is 2.15. The topological polar surface area (TPSA) is 32.3 Å². The maximum atomic E-state index is 11.0. The van der Waals surface area contributed by atoms with E-state index < -0.39 is 0 Å². The van der Waals surface area contributed by atoms with Crippen LogP contribution in [0.25, 0.3) is 0 Å². The Hall–Kier alpha value is -0.570. The van der Waals surface area contributed by atoms with Gasteiger partial charge < -0.3 is 5.32 Å². The van der Waals surface area contributed by atoms with Gasteiger partial charge in [-0.15, -0.1) is 0 Å². The van der Waals surface area contributed by atoms with E-state index in [2.05, 4.69) is 17.1 Å². The van der Waals surface area contributed by atoms with Gasteiger partial charge in [0.2, 0.25) is 5.91 Å². The zero-order chi connectivity index (χ0) is 8.10. The van der Waals surface area contributed by atoms with Gasteiger partial charge in [0.1, 0.15) is 0 Å². The fraction of sp³-hybridized carbons (Fsp3) is 0.875. The maximum absolute atomic E-state index is 11.0. The lowest BCUT2D eigenvalue weighted by Gasteiger charge is -2.16. The highest BCUT2D eigenvalue weighted by Gasteiger charge is 2.12. The molecular formula is C8H16N2O. The smallest absolute Gasteiger partial charge is 0.234 e. The largest absolute Gasteiger partial charge is 0.355 e. The van der Waals surface area contributed by atoms with E-state index in [0.29, 0.717) is 6.54 Å². The Labute approximate surface area is 67.8 Å². The van der Waals surface area contributed by atoms with E-state index in [-0.39, 0.29) is 5.91 Å². The van der Waals surface area contributed by atoms with Crippen molar-refractivity contribution in [2.24, 2.45) is 0 Å². The summed E-state index contributed by atoms with van der Waals surface area (Å²) in [4.78, 5) is 13.2. The molecule has 0 radical (unpaired) electrons. The number of hydrogen-bond donors (Lipinski definition) is 1. The molecule has 1 N–H and O–H groups in total. The standard InChI is InChI=1S/C8H16N2O/c1-2-5-10-6-3-4-9-8(11)7-10/h2-7H2,1H3,(H,9,11). The predicted octanol–water partition coefficient (Wildman–Crippen LogP) is 0.218. The van der Waals surface area contributed by atoms with Gasteiger partial charge in [0, 0.05) is 13.1 Å².